The van der Waals surface area contributed by atoms with Gasteiger partial charge in [0, 0.05) is 18.7 Å². The number of rotatable bonds is 9. The average Bonchev–Trinajstić information content (AvgIpc) is 2.67. The summed E-state index contributed by atoms with van der Waals surface area (Å²) < 4.78 is 5.59. The van der Waals surface area contributed by atoms with Crippen LogP contribution in [0, 0.1) is 11.8 Å². The minimum atomic E-state index is -0.815. The lowest BCUT2D eigenvalue weighted by Crippen LogP contribution is -2.41. The number of amides is 1. The first kappa shape index (κ1) is 21.9. The highest BCUT2D eigenvalue weighted by molar-refractivity contribution is 5.95. The van der Waals surface area contributed by atoms with Gasteiger partial charge in [0.2, 0.25) is 5.91 Å². The van der Waals surface area contributed by atoms with Gasteiger partial charge in [0.25, 0.3) is 0 Å². The molecule has 0 saturated carbocycles. The second-order valence-corrected chi connectivity index (χ2v) is 7.94. The molecule has 0 heterocycles. The van der Waals surface area contributed by atoms with E-state index in [9.17, 15) is 9.90 Å². The van der Waals surface area contributed by atoms with Crippen molar-refractivity contribution in [1.29, 1.82) is 0 Å². The molecule has 0 bridgehead atoms. The predicted octanol–water partition coefficient (Wildman–Crippen LogP) is 4.31. The minimum absolute atomic E-state index is 0.134. The number of nitrogens with one attached hydrogen (secondary N) is 1. The van der Waals surface area contributed by atoms with Gasteiger partial charge in [-0.2, -0.15) is 0 Å². The molecule has 4 nitrogen and oxygen atoms in total. The van der Waals surface area contributed by atoms with Crippen LogP contribution in [-0.2, 0) is 9.53 Å². The van der Waals surface area contributed by atoms with E-state index in [1.54, 1.807) is 0 Å². The van der Waals surface area contributed by atoms with Crippen molar-refractivity contribution in [3.8, 4) is 0 Å². The lowest BCUT2D eigenvalue weighted by Gasteiger charge is -2.30. The second kappa shape index (κ2) is 10.8. The minimum Gasteiger partial charge on any atom is -0.385 e. The summed E-state index contributed by atoms with van der Waals surface area (Å²) in [5.41, 5.74) is 2.93. The van der Waals surface area contributed by atoms with E-state index in [1.807, 2.05) is 13.8 Å². The van der Waals surface area contributed by atoms with Crippen molar-refractivity contribution >= 4 is 5.91 Å². The molecule has 2 N–H and O–H groups in total. The van der Waals surface area contributed by atoms with Gasteiger partial charge in [-0.05, 0) is 64.2 Å². The van der Waals surface area contributed by atoms with Crippen molar-refractivity contribution in [3.63, 3.8) is 0 Å². The van der Waals surface area contributed by atoms with Crippen molar-refractivity contribution in [2.45, 2.75) is 78.4 Å². The van der Waals surface area contributed by atoms with Crippen molar-refractivity contribution in [2.24, 2.45) is 11.8 Å². The van der Waals surface area contributed by atoms with Gasteiger partial charge in [0.05, 0.1) is 6.10 Å². The monoisotopic (exact) mass is 375 g/mol. The molecule has 2 aliphatic carbocycles. The molecule has 2 aliphatic rings. The lowest BCUT2D eigenvalue weighted by molar-refractivity contribution is -0.120. The van der Waals surface area contributed by atoms with E-state index < -0.39 is 6.10 Å². The lowest BCUT2D eigenvalue weighted by atomic mass is 9.83. The zero-order valence-electron chi connectivity index (χ0n) is 17.5. The van der Waals surface area contributed by atoms with Crippen LogP contribution in [0.25, 0.3) is 0 Å². The Labute approximate surface area is 164 Å². The number of hydrogen-bond donors (Lipinski definition) is 2. The van der Waals surface area contributed by atoms with Gasteiger partial charge in [-0.1, -0.05) is 43.2 Å². The highest BCUT2D eigenvalue weighted by Gasteiger charge is 2.32. The Morgan fingerprint density at radius 1 is 1.41 bits per heavy atom. The third-order valence-electron chi connectivity index (χ3n) is 6.01. The smallest absolute Gasteiger partial charge is 0.249 e. The molecule has 2 rings (SSSR count). The number of hydrogen-bond acceptors (Lipinski definition) is 3. The number of aliphatic hydroxyl groups is 1. The number of allylic oxidation sites excluding steroid dienone is 5. The van der Waals surface area contributed by atoms with E-state index in [0.717, 1.165) is 44.1 Å². The van der Waals surface area contributed by atoms with Crippen molar-refractivity contribution in [2.75, 3.05) is 13.2 Å². The van der Waals surface area contributed by atoms with Gasteiger partial charge >= 0.3 is 0 Å². The van der Waals surface area contributed by atoms with Gasteiger partial charge in [-0.15, -0.1) is 0 Å². The quantitative estimate of drug-likeness (QED) is 0.591. The summed E-state index contributed by atoms with van der Waals surface area (Å²) in [6, 6.07) is 0. The topological polar surface area (TPSA) is 58.6 Å². The van der Waals surface area contributed by atoms with Crippen molar-refractivity contribution in [1.82, 2.24) is 5.32 Å². The number of aliphatic hydroxyl groups excluding tert-OH is 1. The number of carbonyl (C=O) groups excluding carboxylic acids is 1. The van der Waals surface area contributed by atoms with E-state index in [2.05, 4.69) is 37.4 Å². The molecule has 0 fully saturated rings. The van der Waals surface area contributed by atoms with Crippen LogP contribution in [0.3, 0.4) is 0 Å². The Kier molecular flexibility index (Phi) is 8.78. The summed E-state index contributed by atoms with van der Waals surface area (Å²) in [5.74, 6) is 1.08. The van der Waals surface area contributed by atoms with E-state index in [1.165, 1.54) is 5.57 Å². The Hall–Kier alpha value is -1.39. The zero-order chi connectivity index (χ0) is 19.8. The average molecular weight is 376 g/mol. The summed E-state index contributed by atoms with van der Waals surface area (Å²) in [4.78, 5) is 12.6. The second-order valence-electron chi connectivity index (χ2n) is 7.94. The summed E-state index contributed by atoms with van der Waals surface area (Å²) in [5, 5.41) is 13.5. The van der Waals surface area contributed by atoms with E-state index in [4.69, 9.17) is 4.74 Å². The summed E-state index contributed by atoms with van der Waals surface area (Å²) >= 11 is 0. The summed E-state index contributed by atoms with van der Waals surface area (Å²) in [6.45, 7) is 9.55. The van der Waals surface area contributed by atoms with E-state index in [-0.39, 0.29) is 12.0 Å². The SMILES string of the molecule is CCOC1CCC(C)=C(C(=O)NCCCC(C)C2C=CC(CC)=CC2)C1O. The van der Waals surface area contributed by atoms with Crippen LogP contribution in [0.1, 0.15) is 66.2 Å². The van der Waals surface area contributed by atoms with Gasteiger partial charge in [-0.3, -0.25) is 4.79 Å². The molecule has 152 valence electrons. The largest absolute Gasteiger partial charge is 0.385 e. The normalized spacial score (nSPS) is 26.7. The summed E-state index contributed by atoms with van der Waals surface area (Å²) in [7, 11) is 0. The first-order valence-corrected chi connectivity index (χ1v) is 10.6. The molecule has 0 aromatic rings. The number of ether oxygens (including phenoxy) is 1. The molecular weight excluding hydrogens is 338 g/mol. The predicted molar refractivity (Wildman–Crippen MR) is 110 cm³/mol. The first-order valence-electron chi connectivity index (χ1n) is 10.6. The van der Waals surface area contributed by atoms with Gasteiger partial charge < -0.3 is 15.2 Å². The summed E-state index contributed by atoms with van der Waals surface area (Å²) in [6.07, 6.45) is 11.8. The van der Waals surface area contributed by atoms with Gasteiger partial charge in [0.1, 0.15) is 6.10 Å². The van der Waals surface area contributed by atoms with Crippen molar-refractivity contribution < 1.29 is 14.6 Å². The van der Waals surface area contributed by atoms with E-state index >= 15 is 0 Å². The molecule has 0 spiro atoms. The molecule has 4 atom stereocenters. The van der Waals surface area contributed by atoms with Gasteiger partial charge in [-0.25, -0.2) is 0 Å². The molecule has 0 saturated heterocycles. The van der Waals surface area contributed by atoms with Gasteiger partial charge in [0.15, 0.2) is 0 Å². The highest BCUT2D eigenvalue weighted by atomic mass is 16.5. The molecule has 0 aromatic heterocycles. The Bertz CT molecular complexity index is 590. The molecule has 0 aliphatic heterocycles. The standard InChI is InChI=1S/C23H37NO3/c1-5-18-10-12-19(13-11-18)16(3)8-7-15-24-23(26)21-17(4)9-14-20(22(21)25)27-6-2/h10-12,16,19-20,22,25H,5-9,13-15H2,1-4H3,(H,24,26). The van der Waals surface area contributed by atoms with Crippen molar-refractivity contribution in [3.05, 3.63) is 34.9 Å². The third kappa shape index (κ3) is 6.05. The molecule has 4 heteroatoms. The maximum atomic E-state index is 12.6. The molecule has 27 heavy (non-hydrogen) atoms. The first-order chi connectivity index (χ1) is 13.0. The van der Waals surface area contributed by atoms with Crippen LogP contribution >= 0.6 is 0 Å². The Balaban J connectivity index is 1.76. The fourth-order valence-corrected chi connectivity index (χ4v) is 4.11. The maximum Gasteiger partial charge on any atom is 0.249 e. The van der Waals surface area contributed by atoms with E-state index in [0.29, 0.717) is 30.6 Å². The fourth-order valence-electron chi connectivity index (χ4n) is 4.11. The van der Waals surface area contributed by atoms with Crippen LogP contribution in [0.4, 0.5) is 0 Å². The maximum absolute atomic E-state index is 12.6. The Morgan fingerprint density at radius 3 is 2.81 bits per heavy atom. The Morgan fingerprint density at radius 2 is 2.19 bits per heavy atom. The zero-order valence-corrected chi connectivity index (χ0v) is 17.5. The molecule has 0 radical (unpaired) electrons. The molecule has 4 unspecified atom stereocenters. The fraction of sp³-hybridized carbons (Fsp3) is 0.696. The number of carbonyl (C=O) groups is 1. The van der Waals surface area contributed by atoms with Crippen LogP contribution in [0.5, 0.6) is 0 Å². The molecule has 1 amide bonds. The van der Waals surface area contributed by atoms with Crippen LogP contribution in [-0.4, -0.2) is 36.4 Å². The third-order valence-corrected chi connectivity index (χ3v) is 6.01. The van der Waals surface area contributed by atoms with Crippen LogP contribution in [0.15, 0.2) is 34.9 Å². The van der Waals surface area contributed by atoms with Crippen LogP contribution < -0.4 is 5.32 Å². The van der Waals surface area contributed by atoms with Crippen LogP contribution in [0.2, 0.25) is 0 Å². The molecule has 0 aromatic carbocycles. The highest BCUT2D eigenvalue weighted by Crippen LogP contribution is 2.29. The molecular formula is C23H37NO3.